The van der Waals surface area contributed by atoms with E-state index in [1.807, 2.05) is 0 Å². The number of nitrogens with two attached hydrogens (primary N) is 1. The number of carbonyl (C=O) groups excluding carboxylic acids is 1. The molecular formula is C22H28N2O5S. The van der Waals surface area contributed by atoms with Gasteiger partial charge >= 0.3 is 6.09 Å². The third-order valence-corrected chi connectivity index (χ3v) is 7.50. The number of methoxy groups -OCH3 is 1. The molecule has 162 valence electrons. The monoisotopic (exact) mass is 432 g/mol. The number of sulfone groups is 1. The molecule has 3 atom stereocenters. The van der Waals surface area contributed by atoms with Gasteiger partial charge in [0.05, 0.1) is 17.5 Å². The summed E-state index contributed by atoms with van der Waals surface area (Å²) < 4.78 is 37.5. The summed E-state index contributed by atoms with van der Waals surface area (Å²) in [5.74, 6) is 0.131. The Hall–Kier alpha value is -2.58. The molecule has 30 heavy (non-hydrogen) atoms. The molecular weight excluding hydrogens is 404 g/mol. The van der Waals surface area contributed by atoms with E-state index in [0.717, 1.165) is 5.56 Å². The van der Waals surface area contributed by atoms with Crippen LogP contribution in [0.15, 0.2) is 59.5 Å². The van der Waals surface area contributed by atoms with Crippen LogP contribution < -0.4 is 15.8 Å². The van der Waals surface area contributed by atoms with Crippen molar-refractivity contribution < 1.29 is 22.7 Å². The molecule has 2 aromatic rings. The molecule has 0 aromatic heterocycles. The van der Waals surface area contributed by atoms with Gasteiger partial charge in [-0.25, -0.2) is 13.2 Å². The molecule has 0 spiro atoms. The summed E-state index contributed by atoms with van der Waals surface area (Å²) >= 11 is 0. The number of benzene rings is 2. The van der Waals surface area contributed by atoms with Crippen LogP contribution in [-0.2, 0) is 14.6 Å². The van der Waals surface area contributed by atoms with Gasteiger partial charge in [0.1, 0.15) is 16.6 Å². The first-order chi connectivity index (χ1) is 14.0. The third-order valence-electron chi connectivity index (χ3n) is 5.21. The lowest BCUT2D eigenvalue weighted by Crippen LogP contribution is -2.49. The van der Waals surface area contributed by atoms with E-state index < -0.39 is 38.2 Å². The molecule has 1 fully saturated rings. The van der Waals surface area contributed by atoms with E-state index in [9.17, 15) is 13.2 Å². The summed E-state index contributed by atoms with van der Waals surface area (Å²) in [6.07, 6.45) is -0.697. The van der Waals surface area contributed by atoms with Gasteiger partial charge in [-0.3, -0.25) is 0 Å². The van der Waals surface area contributed by atoms with Crippen molar-refractivity contribution in [3.63, 3.8) is 0 Å². The standard InChI is InChI=1S/C22H28N2O5S/c1-21(2,3)29-20(25)24-22(14-23)18(15-10-12-16(28-4)13-11-15)19(22)30(26,27)17-8-6-5-7-9-17/h5-13,18-19H,14,23H2,1-4H3,(H,24,25)/t18-,19-,22-/m0/s1. The zero-order valence-electron chi connectivity index (χ0n) is 17.6. The van der Waals surface area contributed by atoms with Gasteiger partial charge in [-0.05, 0) is 50.6 Å². The highest BCUT2D eigenvalue weighted by molar-refractivity contribution is 7.92. The molecule has 1 aliphatic carbocycles. The van der Waals surface area contributed by atoms with Gasteiger partial charge in [0, 0.05) is 12.5 Å². The highest BCUT2D eigenvalue weighted by Crippen LogP contribution is 2.57. The maximum atomic E-state index is 13.5. The van der Waals surface area contributed by atoms with Crippen LogP contribution in [0.4, 0.5) is 4.79 Å². The summed E-state index contributed by atoms with van der Waals surface area (Å²) in [6, 6.07) is 15.3. The van der Waals surface area contributed by atoms with Crippen molar-refractivity contribution in [1.29, 1.82) is 0 Å². The zero-order valence-corrected chi connectivity index (χ0v) is 18.4. The van der Waals surface area contributed by atoms with E-state index in [-0.39, 0.29) is 11.4 Å². The molecule has 7 nitrogen and oxygen atoms in total. The van der Waals surface area contributed by atoms with E-state index in [1.165, 1.54) is 0 Å². The van der Waals surface area contributed by atoms with E-state index in [4.69, 9.17) is 15.2 Å². The Morgan fingerprint density at radius 3 is 2.20 bits per heavy atom. The first kappa shape index (κ1) is 22.1. The molecule has 0 radical (unpaired) electrons. The van der Waals surface area contributed by atoms with Crippen LogP contribution in [0.25, 0.3) is 0 Å². The molecule has 3 rings (SSSR count). The Morgan fingerprint density at radius 1 is 1.10 bits per heavy atom. The first-order valence-electron chi connectivity index (χ1n) is 9.69. The minimum Gasteiger partial charge on any atom is -0.497 e. The maximum Gasteiger partial charge on any atom is 0.408 e. The molecule has 1 saturated carbocycles. The number of amides is 1. The summed E-state index contributed by atoms with van der Waals surface area (Å²) in [4.78, 5) is 12.7. The van der Waals surface area contributed by atoms with Gasteiger partial charge in [-0.15, -0.1) is 0 Å². The number of hydrogen-bond donors (Lipinski definition) is 2. The van der Waals surface area contributed by atoms with Gasteiger partial charge in [0.2, 0.25) is 0 Å². The largest absolute Gasteiger partial charge is 0.497 e. The first-order valence-corrected chi connectivity index (χ1v) is 11.2. The molecule has 0 unspecified atom stereocenters. The van der Waals surface area contributed by atoms with E-state index in [0.29, 0.717) is 5.75 Å². The number of hydrogen-bond acceptors (Lipinski definition) is 6. The highest BCUT2D eigenvalue weighted by atomic mass is 32.2. The third kappa shape index (κ3) is 4.15. The van der Waals surface area contributed by atoms with Crippen LogP contribution in [0.2, 0.25) is 0 Å². The summed E-state index contributed by atoms with van der Waals surface area (Å²) in [5, 5.41) is 1.86. The van der Waals surface area contributed by atoms with E-state index in [2.05, 4.69) is 5.32 Å². The summed E-state index contributed by atoms with van der Waals surface area (Å²) in [7, 11) is -2.21. The lowest BCUT2D eigenvalue weighted by atomic mass is 10.1. The minimum absolute atomic E-state index is 0.0559. The van der Waals surface area contributed by atoms with Crippen LogP contribution in [0.5, 0.6) is 5.75 Å². The van der Waals surface area contributed by atoms with Crippen LogP contribution >= 0.6 is 0 Å². The van der Waals surface area contributed by atoms with Gasteiger partial charge < -0.3 is 20.5 Å². The number of rotatable bonds is 6. The Kier molecular flexibility index (Phi) is 5.84. The molecule has 0 heterocycles. The molecule has 0 saturated heterocycles. The molecule has 0 bridgehead atoms. The van der Waals surface area contributed by atoms with Crippen molar-refractivity contribution in [3.05, 3.63) is 60.2 Å². The Morgan fingerprint density at radius 2 is 1.70 bits per heavy atom. The van der Waals surface area contributed by atoms with Crippen molar-refractivity contribution >= 4 is 15.9 Å². The van der Waals surface area contributed by atoms with Crippen molar-refractivity contribution in [2.24, 2.45) is 5.73 Å². The number of nitrogens with one attached hydrogen (secondary N) is 1. The van der Waals surface area contributed by atoms with Crippen LogP contribution in [-0.4, -0.2) is 44.6 Å². The Bertz CT molecular complexity index is 1000. The average Bonchev–Trinajstić information content (AvgIpc) is 3.36. The molecule has 1 amide bonds. The maximum absolute atomic E-state index is 13.5. The minimum atomic E-state index is -3.77. The normalized spacial score (nSPS) is 23.5. The van der Waals surface area contributed by atoms with Gasteiger partial charge in [0.25, 0.3) is 0 Å². The van der Waals surface area contributed by atoms with Gasteiger partial charge in [-0.1, -0.05) is 30.3 Å². The average molecular weight is 433 g/mol. The SMILES string of the molecule is COc1ccc([C@H]2[C@H](S(=O)(=O)c3ccccc3)[C@@]2(CN)NC(=O)OC(C)(C)C)cc1. The van der Waals surface area contributed by atoms with Crippen molar-refractivity contribution in [1.82, 2.24) is 5.32 Å². The van der Waals surface area contributed by atoms with Crippen LogP contribution in [0.1, 0.15) is 32.3 Å². The number of carbonyl (C=O) groups is 1. The highest BCUT2D eigenvalue weighted by Gasteiger charge is 2.71. The van der Waals surface area contributed by atoms with Gasteiger partial charge in [0.15, 0.2) is 9.84 Å². The fourth-order valence-corrected chi connectivity index (χ4v) is 6.20. The second kappa shape index (κ2) is 7.92. The summed E-state index contributed by atoms with van der Waals surface area (Å²) in [6.45, 7) is 5.18. The lowest BCUT2D eigenvalue weighted by Gasteiger charge is -2.24. The van der Waals surface area contributed by atoms with Crippen molar-refractivity contribution in [2.75, 3.05) is 13.7 Å². The van der Waals surface area contributed by atoms with E-state index >= 15 is 0 Å². The van der Waals surface area contributed by atoms with Gasteiger partial charge in [-0.2, -0.15) is 0 Å². The molecule has 0 aliphatic heterocycles. The predicted molar refractivity (Wildman–Crippen MR) is 114 cm³/mol. The smallest absolute Gasteiger partial charge is 0.408 e. The topological polar surface area (TPSA) is 108 Å². The summed E-state index contributed by atoms with van der Waals surface area (Å²) in [5.41, 5.74) is 4.92. The fourth-order valence-electron chi connectivity index (χ4n) is 3.84. The Labute approximate surface area is 177 Å². The zero-order chi connectivity index (χ0) is 22.2. The second-order valence-corrected chi connectivity index (χ2v) is 10.5. The predicted octanol–water partition coefficient (Wildman–Crippen LogP) is 2.86. The number of ether oxygens (including phenoxy) is 2. The fraction of sp³-hybridized carbons (Fsp3) is 0.409. The van der Waals surface area contributed by atoms with Crippen LogP contribution in [0.3, 0.4) is 0 Å². The molecule has 3 N–H and O–H groups in total. The van der Waals surface area contributed by atoms with E-state index in [1.54, 1.807) is 82.5 Å². The lowest BCUT2D eigenvalue weighted by molar-refractivity contribution is 0.0497. The molecule has 2 aromatic carbocycles. The van der Waals surface area contributed by atoms with Crippen molar-refractivity contribution in [2.45, 2.75) is 48.0 Å². The van der Waals surface area contributed by atoms with Crippen molar-refractivity contribution in [3.8, 4) is 5.75 Å². The Balaban J connectivity index is 2.02. The molecule has 8 heteroatoms. The number of alkyl carbamates (subject to hydrolysis) is 1. The molecule has 1 aliphatic rings. The van der Waals surface area contributed by atoms with Crippen LogP contribution in [0, 0.1) is 0 Å². The quantitative estimate of drug-likeness (QED) is 0.727. The second-order valence-electron chi connectivity index (χ2n) is 8.40.